The molecule has 11 aliphatic rings. The van der Waals surface area contributed by atoms with E-state index in [0.717, 1.165) is 49.7 Å². The van der Waals surface area contributed by atoms with Gasteiger partial charge >= 0.3 is 5.97 Å². The Balaban J connectivity index is 0.934. The quantitative estimate of drug-likeness (QED) is 0.312. The zero-order chi connectivity index (χ0) is 37.7. The standard InChI is InChI=1S/C42H60O13/c1-19-13-23-5-7-27-20(2)14-25(46-27)9-11-42-18-33-38(54-42)39-40(52-33)41(55-42)37-29(51-39)8-6-24(48-37)15-34(45)53-36-22(4)35-31(16-26(44)28(50-35)10-12-43)49-32(36)17-30(47-23)21(19)3/h19,22-33,35-41,43-44H,2-3,5-18H2,1,4H3/t19-,22+,23+,24?,25?,26-,27?,28-,29+,30-,31+,32?,33-,35+,36-,37+,38+,39+,40-,41+,42+/m1/s1. The van der Waals surface area contributed by atoms with Gasteiger partial charge in [-0.1, -0.05) is 27.0 Å². The maximum atomic E-state index is 14.0. The molecule has 1 spiro atoms. The van der Waals surface area contributed by atoms with Crippen LogP contribution in [0.4, 0.5) is 0 Å². The summed E-state index contributed by atoms with van der Waals surface area (Å²) in [6, 6.07) is 0. The van der Waals surface area contributed by atoms with E-state index in [9.17, 15) is 15.0 Å². The Morgan fingerprint density at radius 1 is 0.673 bits per heavy atom. The molecule has 2 N–H and O–H groups in total. The van der Waals surface area contributed by atoms with E-state index >= 15 is 0 Å². The Kier molecular flexibility index (Phi) is 10.1. The minimum atomic E-state index is -0.808. The van der Waals surface area contributed by atoms with E-state index in [-0.39, 0.29) is 98.0 Å². The number of fused-ring (bicyclic) bond motifs is 7. The summed E-state index contributed by atoms with van der Waals surface area (Å²) in [6.45, 7) is 13.1. The van der Waals surface area contributed by atoms with Crippen LogP contribution in [0.2, 0.25) is 0 Å². The van der Waals surface area contributed by atoms with E-state index in [0.29, 0.717) is 38.5 Å². The van der Waals surface area contributed by atoms with Crippen molar-refractivity contribution in [2.24, 2.45) is 11.8 Å². The van der Waals surface area contributed by atoms with Crippen LogP contribution in [0.1, 0.15) is 97.3 Å². The predicted molar refractivity (Wildman–Crippen MR) is 193 cm³/mol. The van der Waals surface area contributed by atoms with Gasteiger partial charge in [0.2, 0.25) is 0 Å². The van der Waals surface area contributed by atoms with Crippen LogP contribution in [0.15, 0.2) is 24.3 Å². The Morgan fingerprint density at radius 2 is 1.42 bits per heavy atom. The molecular weight excluding hydrogens is 712 g/mol. The van der Waals surface area contributed by atoms with Crippen molar-refractivity contribution < 1.29 is 62.4 Å². The van der Waals surface area contributed by atoms with Crippen LogP contribution >= 0.6 is 0 Å². The number of hydrogen-bond donors (Lipinski definition) is 2. The molecule has 11 heterocycles. The fourth-order valence-corrected chi connectivity index (χ4v) is 11.9. The van der Waals surface area contributed by atoms with E-state index in [2.05, 4.69) is 20.1 Å². The number of aliphatic hydroxyl groups is 2. The molecule has 0 radical (unpaired) electrons. The van der Waals surface area contributed by atoms with Crippen LogP contribution in [0, 0.1) is 11.8 Å². The summed E-state index contributed by atoms with van der Waals surface area (Å²) in [4.78, 5) is 14.0. The zero-order valence-electron chi connectivity index (χ0n) is 32.2. The van der Waals surface area contributed by atoms with Gasteiger partial charge in [0.25, 0.3) is 0 Å². The average molecular weight is 773 g/mol. The Bertz CT molecular complexity index is 1490. The van der Waals surface area contributed by atoms with Crippen LogP contribution in [-0.2, 0) is 52.2 Å². The topological polar surface area (TPSA) is 150 Å². The highest BCUT2D eigenvalue weighted by Crippen LogP contribution is 2.54. The van der Waals surface area contributed by atoms with Crippen LogP contribution in [-0.4, -0.2) is 138 Å². The molecule has 306 valence electrons. The maximum Gasteiger partial charge on any atom is 0.308 e. The third-order valence-electron chi connectivity index (χ3n) is 14.8. The minimum absolute atomic E-state index is 0.00281. The van der Waals surface area contributed by atoms with Gasteiger partial charge in [0.05, 0.1) is 79.7 Å². The molecule has 11 aliphatic heterocycles. The summed E-state index contributed by atoms with van der Waals surface area (Å²) in [5.41, 5.74) is 2.14. The maximum absolute atomic E-state index is 14.0. The Labute approximate surface area is 323 Å². The van der Waals surface area contributed by atoms with E-state index in [4.69, 9.17) is 47.4 Å². The highest BCUT2D eigenvalue weighted by atomic mass is 16.8. The predicted octanol–water partition coefficient (Wildman–Crippen LogP) is 3.59. The van der Waals surface area contributed by atoms with Crippen molar-refractivity contribution in [3.8, 4) is 0 Å². The molecule has 55 heavy (non-hydrogen) atoms. The molecule has 13 heteroatoms. The van der Waals surface area contributed by atoms with Crippen molar-refractivity contribution in [1.82, 2.24) is 0 Å². The number of esters is 1. The van der Waals surface area contributed by atoms with Crippen molar-refractivity contribution in [3.05, 3.63) is 24.3 Å². The average Bonchev–Trinajstić information content (AvgIpc) is 3.74. The summed E-state index contributed by atoms with van der Waals surface area (Å²) >= 11 is 0. The Morgan fingerprint density at radius 3 is 2.27 bits per heavy atom. The zero-order valence-corrected chi connectivity index (χ0v) is 32.2. The van der Waals surface area contributed by atoms with Gasteiger partial charge in [-0.2, -0.15) is 0 Å². The first-order valence-electron chi connectivity index (χ1n) is 21.3. The van der Waals surface area contributed by atoms with Gasteiger partial charge < -0.3 is 57.6 Å². The third kappa shape index (κ3) is 6.79. The lowest BCUT2D eigenvalue weighted by Gasteiger charge is -2.51. The van der Waals surface area contributed by atoms with Crippen molar-refractivity contribution in [2.45, 2.75) is 213 Å². The first-order valence-corrected chi connectivity index (χ1v) is 21.3. The normalized spacial score (nSPS) is 54.9. The minimum Gasteiger partial charge on any atom is -0.459 e. The molecule has 0 aliphatic carbocycles. The second kappa shape index (κ2) is 14.7. The second-order valence-corrected chi connectivity index (χ2v) is 18.5. The molecule has 0 saturated carbocycles. The van der Waals surface area contributed by atoms with Gasteiger partial charge in [0.15, 0.2) is 5.79 Å². The molecular formula is C42H60O13. The van der Waals surface area contributed by atoms with Gasteiger partial charge in [0, 0.05) is 38.2 Å². The SMILES string of the molecule is C=C1CC2CC[C@@]34C[C@H]5O[C@H]6[C@@H](O3)[C@H]3OC(CC[C@@H]3O[C@H]6[C@H]5O4)CC(=O)O[C@H]3C(C[C@H]4O[C@@H](CCC1O2)C[C@@H](C)C4=C)O[C@H]1C[C@@H](O)[C@@H](CCO)O[C@H]1[C@@H]3C. The molecule has 13 nitrogen and oxygen atoms in total. The van der Waals surface area contributed by atoms with Crippen LogP contribution < -0.4 is 0 Å². The lowest BCUT2D eigenvalue weighted by Crippen LogP contribution is -2.62. The summed E-state index contributed by atoms with van der Waals surface area (Å²) in [6.07, 6.45) is 2.38. The number of ether oxygens (including phenoxy) is 10. The largest absolute Gasteiger partial charge is 0.459 e. The summed E-state index contributed by atoms with van der Waals surface area (Å²) in [5, 5.41) is 20.6. The number of hydrogen-bond acceptors (Lipinski definition) is 13. The van der Waals surface area contributed by atoms with Crippen molar-refractivity contribution in [1.29, 1.82) is 0 Å². The molecule has 11 fully saturated rings. The van der Waals surface area contributed by atoms with Crippen LogP contribution in [0.5, 0.6) is 0 Å². The first kappa shape index (κ1) is 37.8. The summed E-state index contributed by atoms with van der Waals surface area (Å²) < 4.78 is 66.9. The van der Waals surface area contributed by atoms with Gasteiger partial charge in [0.1, 0.15) is 36.6 Å². The first-order chi connectivity index (χ1) is 26.5. The number of carbonyl (C=O) groups is 1. The number of carbonyl (C=O) groups excluding carboxylic acids is 1. The molecule has 11 rings (SSSR count). The fourth-order valence-electron chi connectivity index (χ4n) is 11.9. The van der Waals surface area contributed by atoms with Crippen molar-refractivity contribution in [3.63, 3.8) is 0 Å². The third-order valence-corrected chi connectivity index (χ3v) is 14.8. The van der Waals surface area contributed by atoms with Gasteiger partial charge in [-0.3, -0.25) is 4.79 Å². The van der Waals surface area contributed by atoms with Crippen LogP contribution in [0.25, 0.3) is 0 Å². The molecule has 0 aromatic heterocycles. The molecule has 0 aromatic rings. The van der Waals surface area contributed by atoms with E-state index < -0.39 is 48.5 Å². The summed E-state index contributed by atoms with van der Waals surface area (Å²) in [5.74, 6) is -1.18. The smallest absolute Gasteiger partial charge is 0.308 e. The second-order valence-electron chi connectivity index (χ2n) is 18.5. The lowest BCUT2D eigenvalue weighted by molar-refractivity contribution is -0.293. The molecule has 0 amide bonds. The fraction of sp³-hybridized carbons (Fsp3) is 0.881. The molecule has 11 saturated heterocycles. The molecule has 4 unspecified atom stereocenters. The van der Waals surface area contributed by atoms with E-state index in [1.165, 1.54) is 0 Å². The van der Waals surface area contributed by atoms with E-state index in [1.807, 2.05) is 6.92 Å². The van der Waals surface area contributed by atoms with Gasteiger partial charge in [-0.25, -0.2) is 0 Å². The monoisotopic (exact) mass is 772 g/mol. The molecule has 12 bridgehead atoms. The van der Waals surface area contributed by atoms with Gasteiger partial charge in [-0.05, 0) is 68.4 Å². The molecule has 0 aromatic carbocycles. The highest BCUT2D eigenvalue weighted by Gasteiger charge is 2.69. The van der Waals surface area contributed by atoms with Crippen LogP contribution in [0.3, 0.4) is 0 Å². The summed E-state index contributed by atoms with van der Waals surface area (Å²) in [7, 11) is 0. The number of rotatable bonds is 2. The lowest BCUT2D eigenvalue weighted by atomic mass is 9.79. The Hall–Kier alpha value is -1.49. The highest BCUT2D eigenvalue weighted by molar-refractivity contribution is 5.70. The van der Waals surface area contributed by atoms with Crippen molar-refractivity contribution >= 4 is 5.97 Å². The van der Waals surface area contributed by atoms with E-state index in [1.54, 1.807) is 0 Å². The molecule has 21 atom stereocenters. The van der Waals surface area contributed by atoms with Crippen molar-refractivity contribution in [2.75, 3.05) is 6.61 Å². The van der Waals surface area contributed by atoms with Gasteiger partial charge in [-0.15, -0.1) is 0 Å². The number of aliphatic hydroxyl groups excluding tert-OH is 2.